The molecule has 0 aliphatic carbocycles. The van der Waals surface area contributed by atoms with E-state index in [0.29, 0.717) is 38.0 Å². The van der Waals surface area contributed by atoms with Crippen LogP contribution in [0.2, 0.25) is 0 Å². The second-order valence-corrected chi connectivity index (χ2v) is 9.37. The molecular weight excluding hydrogens is 386 g/mol. The van der Waals surface area contributed by atoms with E-state index in [4.69, 9.17) is 5.26 Å². The largest absolute Gasteiger partial charge is 0.341 e. The summed E-state index contributed by atoms with van der Waals surface area (Å²) in [5.41, 5.74) is 2.68. The van der Waals surface area contributed by atoms with Gasteiger partial charge in [-0.05, 0) is 55.2 Å². The van der Waals surface area contributed by atoms with Crippen LogP contribution < -0.4 is 0 Å². The van der Waals surface area contributed by atoms with Crippen LogP contribution in [0.4, 0.5) is 0 Å². The van der Waals surface area contributed by atoms with Crippen molar-refractivity contribution >= 4 is 15.9 Å². The lowest BCUT2D eigenvalue weighted by molar-refractivity contribution is -0.135. The first-order chi connectivity index (χ1) is 13.8. The molecule has 0 N–H and O–H groups in total. The zero-order valence-electron chi connectivity index (χ0n) is 16.7. The van der Waals surface area contributed by atoms with Gasteiger partial charge in [-0.15, -0.1) is 0 Å². The van der Waals surface area contributed by atoms with Crippen molar-refractivity contribution in [2.75, 3.05) is 20.1 Å². The number of sulfonamides is 1. The maximum Gasteiger partial charge on any atom is 0.243 e. The molecule has 152 valence electrons. The van der Waals surface area contributed by atoms with Crippen molar-refractivity contribution in [3.8, 4) is 6.07 Å². The number of carbonyl (C=O) groups excluding carboxylic acids is 1. The van der Waals surface area contributed by atoms with E-state index < -0.39 is 10.0 Å². The molecule has 6 nitrogen and oxygen atoms in total. The molecule has 2 aromatic carbocycles. The molecule has 3 rings (SSSR count). The topological polar surface area (TPSA) is 81.5 Å². The van der Waals surface area contributed by atoms with Gasteiger partial charge in [0, 0.05) is 32.6 Å². The Morgan fingerprint density at radius 1 is 1.14 bits per heavy atom. The van der Waals surface area contributed by atoms with Crippen LogP contribution >= 0.6 is 0 Å². The van der Waals surface area contributed by atoms with Gasteiger partial charge in [-0.1, -0.05) is 24.3 Å². The molecule has 7 heteroatoms. The molecule has 0 aromatic heterocycles. The van der Waals surface area contributed by atoms with Crippen LogP contribution in [0.1, 0.15) is 29.5 Å². The van der Waals surface area contributed by atoms with E-state index >= 15 is 0 Å². The van der Waals surface area contributed by atoms with Gasteiger partial charge in [0.25, 0.3) is 0 Å². The molecule has 0 spiro atoms. The molecule has 0 saturated carbocycles. The van der Waals surface area contributed by atoms with E-state index in [-0.39, 0.29) is 16.7 Å². The summed E-state index contributed by atoms with van der Waals surface area (Å²) in [7, 11) is -1.81. The van der Waals surface area contributed by atoms with Gasteiger partial charge >= 0.3 is 0 Å². The molecule has 1 aliphatic heterocycles. The third-order valence-corrected chi connectivity index (χ3v) is 7.38. The van der Waals surface area contributed by atoms with E-state index in [1.54, 1.807) is 11.9 Å². The number of carbonyl (C=O) groups is 1. The second kappa shape index (κ2) is 8.76. The summed E-state index contributed by atoms with van der Waals surface area (Å²) in [6, 6.07) is 15.9. The first-order valence-corrected chi connectivity index (χ1v) is 11.1. The predicted molar refractivity (Wildman–Crippen MR) is 110 cm³/mol. The number of hydrogen-bond acceptors (Lipinski definition) is 4. The summed E-state index contributed by atoms with van der Waals surface area (Å²) < 4.78 is 27.1. The second-order valence-electron chi connectivity index (χ2n) is 7.44. The summed E-state index contributed by atoms with van der Waals surface area (Å²) in [4.78, 5) is 14.8. The minimum absolute atomic E-state index is 0.0590. The van der Waals surface area contributed by atoms with Gasteiger partial charge in [-0.2, -0.15) is 9.57 Å². The Labute approximate surface area is 172 Å². The normalized spacial score (nSPS) is 15.6. The van der Waals surface area contributed by atoms with E-state index in [1.807, 2.05) is 37.3 Å². The van der Waals surface area contributed by atoms with E-state index in [1.165, 1.54) is 28.6 Å². The molecule has 0 radical (unpaired) electrons. The lowest BCUT2D eigenvalue weighted by Gasteiger charge is -2.32. The van der Waals surface area contributed by atoms with E-state index in [2.05, 4.69) is 0 Å². The van der Waals surface area contributed by atoms with Crippen molar-refractivity contribution in [2.24, 2.45) is 5.92 Å². The molecule has 1 saturated heterocycles. The standard InChI is InChI=1S/C22H25N3O3S/c1-17-5-3-4-6-20(17)16-24(2)22(26)19-11-13-25(14-12-19)29(27,28)21-9-7-18(15-23)8-10-21/h3-10,19H,11-14,16H2,1-2H3. The maximum absolute atomic E-state index is 12.8. The fourth-order valence-corrected chi connectivity index (χ4v) is 5.10. The predicted octanol–water partition coefficient (Wildman–Crippen LogP) is 2.93. The van der Waals surface area contributed by atoms with Gasteiger partial charge < -0.3 is 4.90 Å². The Hall–Kier alpha value is -2.69. The number of amides is 1. The number of rotatable bonds is 5. The molecule has 0 atom stereocenters. The average molecular weight is 412 g/mol. The highest BCUT2D eigenvalue weighted by Gasteiger charge is 2.33. The first kappa shape index (κ1) is 21.0. The smallest absolute Gasteiger partial charge is 0.243 e. The van der Waals surface area contributed by atoms with Crippen molar-refractivity contribution in [3.63, 3.8) is 0 Å². The quantitative estimate of drug-likeness (QED) is 0.758. The Kier molecular flexibility index (Phi) is 6.36. The van der Waals surface area contributed by atoms with Crippen molar-refractivity contribution in [3.05, 3.63) is 65.2 Å². The number of aryl methyl sites for hydroxylation is 1. The number of nitrogens with zero attached hydrogens (tertiary/aromatic N) is 3. The van der Waals surface area contributed by atoms with Crippen LogP contribution in [0.5, 0.6) is 0 Å². The molecular formula is C22H25N3O3S. The lowest BCUT2D eigenvalue weighted by atomic mass is 9.96. The van der Waals surface area contributed by atoms with Crippen LogP contribution in [0.25, 0.3) is 0 Å². The minimum atomic E-state index is -3.61. The lowest BCUT2D eigenvalue weighted by Crippen LogP contribution is -2.43. The Morgan fingerprint density at radius 2 is 1.76 bits per heavy atom. The maximum atomic E-state index is 12.8. The third-order valence-electron chi connectivity index (χ3n) is 5.47. The van der Waals surface area contributed by atoms with Crippen molar-refractivity contribution < 1.29 is 13.2 Å². The minimum Gasteiger partial charge on any atom is -0.341 e. The Balaban J connectivity index is 1.61. The molecule has 0 bridgehead atoms. The summed E-state index contributed by atoms with van der Waals surface area (Å²) >= 11 is 0. The van der Waals surface area contributed by atoms with Crippen LogP contribution in [-0.2, 0) is 21.4 Å². The fraction of sp³-hybridized carbons (Fsp3) is 0.364. The number of benzene rings is 2. The van der Waals surface area contributed by atoms with Gasteiger partial charge in [0.2, 0.25) is 15.9 Å². The van der Waals surface area contributed by atoms with Crippen molar-refractivity contribution in [1.82, 2.24) is 9.21 Å². The zero-order chi connectivity index (χ0) is 21.0. The van der Waals surface area contributed by atoms with Gasteiger partial charge in [0.15, 0.2) is 0 Å². The van der Waals surface area contributed by atoms with E-state index in [0.717, 1.165) is 11.1 Å². The molecule has 1 aliphatic rings. The van der Waals surface area contributed by atoms with Crippen molar-refractivity contribution in [2.45, 2.75) is 31.2 Å². The highest BCUT2D eigenvalue weighted by atomic mass is 32.2. The number of hydrogen-bond donors (Lipinski definition) is 0. The molecule has 1 amide bonds. The van der Waals surface area contributed by atoms with Crippen LogP contribution in [-0.4, -0.2) is 43.7 Å². The zero-order valence-corrected chi connectivity index (χ0v) is 17.5. The molecule has 2 aromatic rings. The molecule has 1 fully saturated rings. The Morgan fingerprint density at radius 3 is 2.34 bits per heavy atom. The summed E-state index contributed by atoms with van der Waals surface area (Å²) in [5, 5.41) is 8.87. The van der Waals surface area contributed by atoms with Gasteiger partial charge in [0.05, 0.1) is 16.5 Å². The summed E-state index contributed by atoms with van der Waals surface area (Å²) in [6.07, 6.45) is 1.01. The van der Waals surface area contributed by atoms with Gasteiger partial charge in [-0.25, -0.2) is 8.42 Å². The summed E-state index contributed by atoms with van der Waals surface area (Å²) in [5.74, 6) is -0.111. The van der Waals surface area contributed by atoms with Crippen molar-refractivity contribution in [1.29, 1.82) is 5.26 Å². The van der Waals surface area contributed by atoms with Crippen LogP contribution in [0.15, 0.2) is 53.4 Å². The van der Waals surface area contributed by atoms with Crippen LogP contribution in [0, 0.1) is 24.2 Å². The van der Waals surface area contributed by atoms with Gasteiger partial charge in [-0.3, -0.25) is 4.79 Å². The third kappa shape index (κ3) is 4.66. The molecule has 29 heavy (non-hydrogen) atoms. The summed E-state index contributed by atoms with van der Waals surface area (Å²) in [6.45, 7) is 3.21. The van der Waals surface area contributed by atoms with E-state index in [9.17, 15) is 13.2 Å². The molecule has 1 heterocycles. The monoisotopic (exact) mass is 411 g/mol. The molecule has 0 unspecified atom stereocenters. The van der Waals surface area contributed by atoms with Gasteiger partial charge in [0.1, 0.15) is 0 Å². The average Bonchev–Trinajstić information content (AvgIpc) is 2.75. The van der Waals surface area contributed by atoms with Crippen LogP contribution in [0.3, 0.4) is 0 Å². The number of nitriles is 1. The first-order valence-electron chi connectivity index (χ1n) is 9.62. The highest BCUT2D eigenvalue weighted by Crippen LogP contribution is 2.25. The highest BCUT2D eigenvalue weighted by molar-refractivity contribution is 7.89. The SMILES string of the molecule is Cc1ccccc1CN(C)C(=O)C1CCN(S(=O)(=O)c2ccc(C#N)cc2)CC1. The fourth-order valence-electron chi connectivity index (χ4n) is 3.63. The number of piperidine rings is 1. The Bertz CT molecular complexity index is 1020.